The van der Waals surface area contributed by atoms with Gasteiger partial charge in [-0.15, -0.1) is 0 Å². The van der Waals surface area contributed by atoms with E-state index in [0.717, 1.165) is 3.57 Å². The fourth-order valence-corrected chi connectivity index (χ4v) is 3.04. The van der Waals surface area contributed by atoms with Crippen molar-refractivity contribution in [1.82, 2.24) is 4.72 Å². The molecular formula is C10H12INO4S. The predicted octanol–water partition coefficient (Wildman–Crippen LogP) is 1.43. The van der Waals surface area contributed by atoms with Gasteiger partial charge in [-0.1, -0.05) is 6.07 Å². The highest BCUT2D eigenvalue weighted by molar-refractivity contribution is 14.1. The summed E-state index contributed by atoms with van der Waals surface area (Å²) in [5, 5.41) is 8.42. The number of hydrogen-bond acceptors (Lipinski definition) is 3. The van der Waals surface area contributed by atoms with Crippen LogP contribution in [-0.2, 0) is 14.8 Å². The van der Waals surface area contributed by atoms with Gasteiger partial charge in [0.25, 0.3) is 0 Å². The van der Waals surface area contributed by atoms with Gasteiger partial charge in [0.2, 0.25) is 10.0 Å². The SMILES string of the molecule is O=C(O)CCCNS(=O)(=O)c1cccc(I)c1. The quantitative estimate of drug-likeness (QED) is 0.587. The molecule has 0 aliphatic rings. The van der Waals surface area contributed by atoms with Gasteiger partial charge in [0.05, 0.1) is 4.90 Å². The fourth-order valence-electron chi connectivity index (χ4n) is 1.16. The third kappa shape index (κ3) is 5.00. The molecule has 0 aliphatic heterocycles. The summed E-state index contributed by atoms with van der Waals surface area (Å²) >= 11 is 2.03. The van der Waals surface area contributed by atoms with Crippen LogP contribution in [0.5, 0.6) is 0 Å². The van der Waals surface area contributed by atoms with E-state index in [9.17, 15) is 13.2 Å². The highest BCUT2D eigenvalue weighted by atomic mass is 127. The molecule has 0 atom stereocenters. The number of nitrogens with one attached hydrogen (secondary N) is 1. The molecule has 17 heavy (non-hydrogen) atoms. The van der Waals surface area contributed by atoms with Crippen molar-refractivity contribution in [3.05, 3.63) is 27.8 Å². The Bertz CT molecular complexity index is 501. The molecule has 0 fully saturated rings. The molecule has 0 aromatic heterocycles. The van der Waals surface area contributed by atoms with Crippen molar-refractivity contribution < 1.29 is 18.3 Å². The minimum atomic E-state index is -3.53. The second kappa shape index (κ2) is 6.31. The maximum Gasteiger partial charge on any atom is 0.303 e. The van der Waals surface area contributed by atoms with Gasteiger partial charge >= 0.3 is 5.97 Å². The lowest BCUT2D eigenvalue weighted by molar-refractivity contribution is -0.137. The summed E-state index contributed by atoms with van der Waals surface area (Å²) in [5.41, 5.74) is 0. The zero-order valence-corrected chi connectivity index (χ0v) is 11.9. The van der Waals surface area contributed by atoms with Gasteiger partial charge < -0.3 is 5.11 Å². The molecule has 2 N–H and O–H groups in total. The van der Waals surface area contributed by atoms with Crippen LogP contribution in [0.3, 0.4) is 0 Å². The Morgan fingerprint density at radius 3 is 2.71 bits per heavy atom. The van der Waals surface area contributed by atoms with Crippen molar-refractivity contribution in [3.63, 3.8) is 0 Å². The van der Waals surface area contributed by atoms with Gasteiger partial charge in [0.1, 0.15) is 0 Å². The molecule has 7 heteroatoms. The molecule has 5 nitrogen and oxygen atoms in total. The van der Waals surface area contributed by atoms with Crippen LogP contribution in [0.15, 0.2) is 29.2 Å². The van der Waals surface area contributed by atoms with Crippen LogP contribution in [0.1, 0.15) is 12.8 Å². The van der Waals surface area contributed by atoms with Crippen molar-refractivity contribution in [2.75, 3.05) is 6.54 Å². The first-order valence-electron chi connectivity index (χ1n) is 4.89. The summed E-state index contributed by atoms with van der Waals surface area (Å²) in [7, 11) is -3.53. The normalized spacial score (nSPS) is 11.4. The zero-order chi connectivity index (χ0) is 12.9. The largest absolute Gasteiger partial charge is 0.481 e. The molecule has 0 bridgehead atoms. The fraction of sp³-hybridized carbons (Fsp3) is 0.300. The van der Waals surface area contributed by atoms with Crippen LogP contribution < -0.4 is 4.72 Å². The number of carbonyl (C=O) groups is 1. The summed E-state index contributed by atoms with van der Waals surface area (Å²) in [4.78, 5) is 10.5. The average Bonchev–Trinajstić information content (AvgIpc) is 2.24. The van der Waals surface area contributed by atoms with Crippen molar-refractivity contribution in [3.8, 4) is 0 Å². The second-order valence-electron chi connectivity index (χ2n) is 3.35. The van der Waals surface area contributed by atoms with Gasteiger partial charge in [0, 0.05) is 16.5 Å². The van der Waals surface area contributed by atoms with Crippen LogP contribution in [0.4, 0.5) is 0 Å². The van der Waals surface area contributed by atoms with E-state index in [1.54, 1.807) is 18.2 Å². The predicted molar refractivity (Wildman–Crippen MR) is 71.2 cm³/mol. The molecule has 0 aliphatic carbocycles. The van der Waals surface area contributed by atoms with Crippen LogP contribution in [0.25, 0.3) is 0 Å². The lowest BCUT2D eigenvalue weighted by atomic mass is 10.3. The Labute approximate surface area is 113 Å². The molecule has 0 heterocycles. The second-order valence-corrected chi connectivity index (χ2v) is 6.37. The molecule has 94 valence electrons. The molecule has 0 saturated heterocycles. The van der Waals surface area contributed by atoms with E-state index < -0.39 is 16.0 Å². The smallest absolute Gasteiger partial charge is 0.303 e. The standard InChI is InChI=1S/C10H12INO4S/c11-8-3-1-4-9(7-8)17(15,16)12-6-2-5-10(13)14/h1,3-4,7,12H,2,5-6H2,(H,13,14). The summed E-state index contributed by atoms with van der Waals surface area (Å²) in [6.07, 6.45) is 0.229. The highest BCUT2D eigenvalue weighted by Gasteiger charge is 2.13. The van der Waals surface area contributed by atoms with Crippen molar-refractivity contribution >= 4 is 38.6 Å². The van der Waals surface area contributed by atoms with Crippen LogP contribution >= 0.6 is 22.6 Å². The summed E-state index contributed by atoms with van der Waals surface area (Å²) in [6.45, 7) is 0.125. The number of sulfonamides is 1. The van der Waals surface area contributed by atoms with Crippen molar-refractivity contribution in [2.24, 2.45) is 0 Å². The lowest BCUT2D eigenvalue weighted by Gasteiger charge is -2.06. The Morgan fingerprint density at radius 1 is 1.41 bits per heavy atom. The molecule has 0 radical (unpaired) electrons. The van der Waals surface area contributed by atoms with Gasteiger partial charge in [-0.25, -0.2) is 13.1 Å². The Kier molecular flexibility index (Phi) is 5.34. The van der Waals surface area contributed by atoms with E-state index in [1.165, 1.54) is 6.07 Å². The minimum absolute atomic E-state index is 0.0468. The third-order valence-corrected chi connectivity index (χ3v) is 4.10. The number of hydrogen-bond donors (Lipinski definition) is 2. The summed E-state index contributed by atoms with van der Waals surface area (Å²) in [6, 6.07) is 6.51. The van der Waals surface area contributed by atoms with Crippen LogP contribution in [0, 0.1) is 3.57 Å². The average molecular weight is 369 g/mol. The number of carboxylic acid groups (broad SMARTS) is 1. The van der Waals surface area contributed by atoms with E-state index in [1.807, 2.05) is 22.6 Å². The zero-order valence-electron chi connectivity index (χ0n) is 8.89. The molecule has 0 amide bonds. The number of aliphatic carboxylic acids is 1. The lowest BCUT2D eigenvalue weighted by Crippen LogP contribution is -2.25. The summed E-state index contributed by atoms with van der Waals surface area (Å²) < 4.78 is 26.7. The maximum absolute atomic E-state index is 11.8. The first kappa shape index (κ1) is 14.4. The number of benzene rings is 1. The topological polar surface area (TPSA) is 83.5 Å². The first-order valence-corrected chi connectivity index (χ1v) is 7.45. The maximum atomic E-state index is 11.8. The molecule has 0 unspecified atom stereocenters. The highest BCUT2D eigenvalue weighted by Crippen LogP contribution is 2.12. The molecule has 1 rings (SSSR count). The molecule has 0 saturated carbocycles. The van der Waals surface area contributed by atoms with E-state index in [0.29, 0.717) is 0 Å². The van der Waals surface area contributed by atoms with E-state index in [4.69, 9.17) is 5.11 Å². The monoisotopic (exact) mass is 369 g/mol. The van der Waals surface area contributed by atoms with E-state index >= 15 is 0 Å². The van der Waals surface area contributed by atoms with Gasteiger partial charge in [-0.3, -0.25) is 4.79 Å². The van der Waals surface area contributed by atoms with Gasteiger partial charge in [-0.2, -0.15) is 0 Å². The molecule has 0 spiro atoms. The van der Waals surface area contributed by atoms with Crippen LogP contribution in [0.2, 0.25) is 0 Å². The molecular weight excluding hydrogens is 357 g/mol. The van der Waals surface area contributed by atoms with E-state index in [-0.39, 0.29) is 24.3 Å². The van der Waals surface area contributed by atoms with Crippen molar-refractivity contribution in [2.45, 2.75) is 17.7 Å². The number of halogens is 1. The Balaban J connectivity index is 2.60. The minimum Gasteiger partial charge on any atom is -0.481 e. The van der Waals surface area contributed by atoms with E-state index in [2.05, 4.69) is 4.72 Å². The van der Waals surface area contributed by atoms with Gasteiger partial charge in [-0.05, 0) is 47.2 Å². The molecule has 1 aromatic rings. The Morgan fingerprint density at radius 2 is 2.12 bits per heavy atom. The number of carboxylic acids is 1. The van der Waals surface area contributed by atoms with Crippen molar-refractivity contribution in [1.29, 1.82) is 0 Å². The van der Waals surface area contributed by atoms with Crippen LogP contribution in [-0.4, -0.2) is 26.0 Å². The summed E-state index contributed by atoms with van der Waals surface area (Å²) in [5.74, 6) is -0.932. The number of rotatable bonds is 6. The first-order chi connectivity index (χ1) is 7.92. The third-order valence-electron chi connectivity index (χ3n) is 1.97. The Hall–Kier alpha value is -0.670. The van der Waals surface area contributed by atoms with Gasteiger partial charge in [0.15, 0.2) is 0 Å². The molecule has 1 aromatic carbocycles.